The van der Waals surface area contributed by atoms with Gasteiger partial charge in [0.15, 0.2) is 6.29 Å². The Morgan fingerprint density at radius 3 is 2.06 bits per heavy atom. The summed E-state index contributed by atoms with van der Waals surface area (Å²) in [6.07, 6.45) is -3.72. The van der Waals surface area contributed by atoms with E-state index in [1.807, 2.05) is 105 Å². The molecule has 48 heavy (non-hydrogen) atoms. The molecule has 2 aliphatic rings. The number of azide groups is 1. The zero-order chi connectivity index (χ0) is 33.7. The molecular formula is C37H39N3O7Si. The number of ether oxygens (including phenoxy) is 5. The molecule has 0 saturated carbocycles. The van der Waals surface area contributed by atoms with E-state index < -0.39 is 56.1 Å². The number of carbonyl (C=O) groups excluding carboxylic acids is 1. The van der Waals surface area contributed by atoms with Crippen molar-refractivity contribution in [2.75, 3.05) is 13.7 Å². The van der Waals surface area contributed by atoms with Crippen LogP contribution in [0.1, 0.15) is 42.5 Å². The highest BCUT2D eigenvalue weighted by Crippen LogP contribution is 2.45. The maximum atomic E-state index is 13.5. The van der Waals surface area contributed by atoms with Crippen molar-refractivity contribution < 1.29 is 33.3 Å². The van der Waals surface area contributed by atoms with Gasteiger partial charge in [0.1, 0.15) is 30.1 Å². The first-order valence-electron chi connectivity index (χ1n) is 16.0. The van der Waals surface area contributed by atoms with Gasteiger partial charge in [-0.15, -0.1) is 0 Å². The second-order valence-electron chi connectivity index (χ2n) is 12.7. The summed E-state index contributed by atoms with van der Waals surface area (Å²) < 4.78 is 30.8. The van der Waals surface area contributed by atoms with Crippen LogP contribution in [0.25, 0.3) is 10.4 Å². The van der Waals surface area contributed by atoms with Crippen LogP contribution in [0.4, 0.5) is 0 Å². The highest BCUT2D eigenvalue weighted by Gasteiger charge is 2.56. The van der Waals surface area contributed by atoms with Gasteiger partial charge < -0.3 is 28.5 Å². The highest BCUT2D eigenvalue weighted by atomic mass is 28.4. The van der Waals surface area contributed by atoms with E-state index in [0.29, 0.717) is 11.3 Å². The molecule has 0 radical (unpaired) electrons. The van der Waals surface area contributed by atoms with Crippen molar-refractivity contribution in [3.05, 3.63) is 137 Å². The van der Waals surface area contributed by atoms with Gasteiger partial charge in [0.25, 0.3) is 8.32 Å². The third kappa shape index (κ3) is 6.61. The van der Waals surface area contributed by atoms with Crippen LogP contribution in [0.5, 0.6) is 5.75 Å². The molecule has 4 unspecified atom stereocenters. The Morgan fingerprint density at radius 1 is 0.917 bits per heavy atom. The highest BCUT2D eigenvalue weighted by molar-refractivity contribution is 6.98. The minimum Gasteiger partial charge on any atom is -0.497 e. The largest absolute Gasteiger partial charge is 0.497 e. The maximum absolute atomic E-state index is 13.5. The fourth-order valence-corrected chi connectivity index (χ4v) is 10.6. The Hall–Kier alpha value is -4.48. The molecule has 11 heteroatoms. The number of methoxy groups -OCH3 is 1. The number of benzene rings is 4. The summed E-state index contributed by atoms with van der Waals surface area (Å²) in [6.45, 7) is 4.17. The van der Waals surface area contributed by atoms with Gasteiger partial charge in [0.2, 0.25) is 0 Å². The van der Waals surface area contributed by atoms with Gasteiger partial charge in [-0.1, -0.05) is 110 Å². The van der Waals surface area contributed by atoms with Crippen molar-refractivity contribution in [1.29, 1.82) is 0 Å². The van der Waals surface area contributed by atoms with Crippen molar-refractivity contribution in [2.45, 2.75) is 62.1 Å². The van der Waals surface area contributed by atoms with Gasteiger partial charge in [-0.25, -0.2) is 4.79 Å². The Balaban J connectivity index is 1.36. The van der Waals surface area contributed by atoms with Gasteiger partial charge in [-0.05, 0) is 51.6 Å². The van der Waals surface area contributed by atoms with Crippen LogP contribution in [0.2, 0.25) is 5.04 Å². The summed E-state index contributed by atoms with van der Waals surface area (Å²) in [7, 11) is -1.88. The van der Waals surface area contributed by atoms with Crippen LogP contribution in [0, 0.1) is 0 Å². The Morgan fingerprint density at radius 2 is 1.50 bits per heavy atom. The van der Waals surface area contributed by atoms with Gasteiger partial charge in [0.05, 0.1) is 25.4 Å². The number of esters is 1. The van der Waals surface area contributed by atoms with E-state index in [0.717, 1.165) is 15.9 Å². The first-order chi connectivity index (χ1) is 23.2. The SMILES string of the molecule is COc1ccc(C2OCC3O[C@@H](CC(C)(C)[Si](O)(c4ccccc4)c4ccccc4)C(N=[N+]=[N-])C(OC(=O)c4ccccc4)[C@@H]3O2)cc1. The molecule has 2 aliphatic heterocycles. The lowest BCUT2D eigenvalue weighted by Crippen LogP contribution is -2.67. The second kappa shape index (κ2) is 14.3. The smallest absolute Gasteiger partial charge is 0.338 e. The zero-order valence-electron chi connectivity index (χ0n) is 27.1. The van der Waals surface area contributed by atoms with Crippen LogP contribution in [0.15, 0.2) is 120 Å². The predicted octanol–water partition coefficient (Wildman–Crippen LogP) is 5.70. The molecule has 0 aromatic heterocycles. The van der Waals surface area contributed by atoms with Crippen LogP contribution in [-0.2, 0) is 18.9 Å². The summed E-state index contributed by atoms with van der Waals surface area (Å²) in [5, 5.41) is 5.12. The summed E-state index contributed by atoms with van der Waals surface area (Å²) in [6, 6.07) is 34.3. The molecule has 1 N–H and O–H groups in total. The summed E-state index contributed by atoms with van der Waals surface area (Å²) in [5.74, 6) is 0.111. The Bertz CT molecular complexity index is 1680. The number of hydrogen-bond donors (Lipinski definition) is 1. The van der Waals surface area contributed by atoms with Crippen molar-refractivity contribution in [3.8, 4) is 5.75 Å². The van der Waals surface area contributed by atoms with Gasteiger partial charge in [-0.3, -0.25) is 0 Å². The average Bonchev–Trinajstić information content (AvgIpc) is 3.13. The van der Waals surface area contributed by atoms with Crippen LogP contribution < -0.4 is 15.1 Å². The normalized spacial score (nSPS) is 24.1. The minimum absolute atomic E-state index is 0.139. The number of carbonyl (C=O) groups is 1. The van der Waals surface area contributed by atoms with E-state index in [-0.39, 0.29) is 13.0 Å². The van der Waals surface area contributed by atoms with E-state index in [9.17, 15) is 15.1 Å². The van der Waals surface area contributed by atoms with Crippen molar-refractivity contribution >= 4 is 24.7 Å². The molecule has 2 heterocycles. The van der Waals surface area contributed by atoms with Gasteiger partial charge >= 0.3 is 5.97 Å². The predicted molar refractivity (Wildman–Crippen MR) is 183 cm³/mol. The molecule has 6 atom stereocenters. The van der Waals surface area contributed by atoms with E-state index in [1.54, 1.807) is 31.4 Å². The molecule has 10 nitrogen and oxygen atoms in total. The molecule has 248 valence electrons. The quantitative estimate of drug-likeness (QED) is 0.0755. The summed E-state index contributed by atoms with van der Waals surface area (Å²) >= 11 is 0. The number of fused-ring (bicyclic) bond motifs is 1. The van der Waals surface area contributed by atoms with E-state index in [1.165, 1.54) is 0 Å². The third-order valence-corrected chi connectivity index (χ3v) is 13.9. The summed E-state index contributed by atoms with van der Waals surface area (Å²) in [5.41, 5.74) is 10.9. The minimum atomic E-state index is -3.47. The van der Waals surface area contributed by atoms with Crippen molar-refractivity contribution in [3.63, 3.8) is 0 Å². The second-order valence-corrected chi connectivity index (χ2v) is 16.6. The Labute approximate surface area is 280 Å². The fraction of sp³-hybridized carbons (Fsp3) is 0.324. The van der Waals surface area contributed by atoms with E-state index in [2.05, 4.69) is 10.0 Å². The molecule has 4 aromatic carbocycles. The standard InChI is InChI=1S/C37H39N3O7Si/c1-37(2,48(42,28-15-9-5-10-16-28)29-17-11-6-12-18-29)23-30-32(39-40-38)34(46-35(41)25-13-7-4-8-14-25)33-31(45-30)24-44-36(47-33)26-19-21-27(43-3)22-20-26/h4-22,30-34,36,42H,23-24H2,1-3H3/t30-,31?,32?,33+,34?,36?/m0/s1. The topological polar surface area (TPSA) is 132 Å². The molecule has 4 aromatic rings. The first-order valence-corrected chi connectivity index (χ1v) is 17.9. The Kier molecular flexibility index (Phi) is 9.98. The average molecular weight is 666 g/mol. The van der Waals surface area contributed by atoms with Crippen LogP contribution >= 0.6 is 0 Å². The fourth-order valence-electron chi connectivity index (χ4n) is 6.83. The molecule has 0 aliphatic carbocycles. The maximum Gasteiger partial charge on any atom is 0.338 e. The van der Waals surface area contributed by atoms with Crippen molar-refractivity contribution in [1.82, 2.24) is 0 Å². The summed E-state index contributed by atoms with van der Waals surface area (Å²) in [4.78, 5) is 29.6. The third-order valence-electron chi connectivity index (χ3n) is 9.35. The van der Waals surface area contributed by atoms with Gasteiger partial charge in [-0.2, -0.15) is 0 Å². The monoisotopic (exact) mass is 665 g/mol. The molecule has 6 rings (SSSR count). The zero-order valence-corrected chi connectivity index (χ0v) is 28.1. The van der Waals surface area contributed by atoms with Gasteiger partial charge in [0, 0.05) is 10.5 Å². The lowest BCUT2D eigenvalue weighted by Gasteiger charge is -2.50. The molecular weight excluding hydrogens is 627 g/mol. The van der Waals surface area contributed by atoms with E-state index in [4.69, 9.17) is 23.7 Å². The lowest BCUT2D eigenvalue weighted by molar-refractivity contribution is -0.313. The lowest BCUT2D eigenvalue weighted by atomic mass is 9.88. The first kappa shape index (κ1) is 33.4. The molecule has 0 bridgehead atoms. The number of nitrogens with zero attached hydrogens (tertiary/aromatic N) is 3. The number of hydrogen-bond acceptors (Lipinski definition) is 8. The van der Waals surface area contributed by atoms with E-state index >= 15 is 0 Å². The molecule has 2 saturated heterocycles. The molecule has 0 spiro atoms. The van der Waals surface area contributed by atoms with Crippen molar-refractivity contribution in [2.24, 2.45) is 5.11 Å². The number of rotatable bonds is 10. The molecule has 2 fully saturated rings. The van der Waals surface area contributed by atoms with Crippen LogP contribution in [0.3, 0.4) is 0 Å². The van der Waals surface area contributed by atoms with Crippen LogP contribution in [-0.4, -0.2) is 63.3 Å². The molecule has 0 amide bonds.